The number of anilines is 1. The van der Waals surface area contributed by atoms with Crippen LogP contribution >= 0.6 is 11.3 Å². The van der Waals surface area contributed by atoms with E-state index < -0.39 is 17.8 Å². The highest BCUT2D eigenvalue weighted by Crippen LogP contribution is 2.30. The molecule has 2 atom stereocenters. The van der Waals surface area contributed by atoms with Crippen molar-refractivity contribution >= 4 is 39.1 Å². The number of allylic oxidation sites excluding steroid dienone is 2. The van der Waals surface area contributed by atoms with Crippen LogP contribution in [0.4, 0.5) is 5.13 Å². The molecule has 0 radical (unpaired) electrons. The number of aromatic nitrogens is 1. The van der Waals surface area contributed by atoms with E-state index in [1.807, 2.05) is 41.8 Å². The summed E-state index contributed by atoms with van der Waals surface area (Å²) in [5.41, 5.74) is 1.75. The molecule has 0 fully saturated rings. The second-order valence-electron chi connectivity index (χ2n) is 6.56. The Morgan fingerprint density at radius 2 is 1.78 bits per heavy atom. The predicted octanol–water partition coefficient (Wildman–Crippen LogP) is 3.23. The lowest BCUT2D eigenvalue weighted by atomic mass is 9.82. The molecule has 1 aliphatic rings. The number of thiazole rings is 1. The fourth-order valence-electron chi connectivity index (χ4n) is 3.37. The monoisotopic (exact) mass is 377 g/mol. The molecule has 4 rings (SSSR count). The SMILES string of the molecule is O=C(Nc1nc(-c2ccc3ccccc3c2)cs1)[C@H]1CC=CC[C@H]1C(=O)[O-]. The highest BCUT2D eigenvalue weighted by atomic mass is 32.1. The van der Waals surface area contributed by atoms with E-state index in [-0.39, 0.29) is 5.91 Å². The number of rotatable bonds is 4. The molecule has 0 unspecified atom stereocenters. The maximum absolute atomic E-state index is 12.5. The van der Waals surface area contributed by atoms with Gasteiger partial charge in [-0.05, 0) is 29.7 Å². The molecule has 1 amide bonds. The van der Waals surface area contributed by atoms with E-state index in [0.29, 0.717) is 18.0 Å². The Morgan fingerprint density at radius 3 is 2.56 bits per heavy atom. The third-order valence-electron chi connectivity index (χ3n) is 4.85. The van der Waals surface area contributed by atoms with Gasteiger partial charge in [0, 0.05) is 22.8 Å². The lowest BCUT2D eigenvalue weighted by Crippen LogP contribution is -2.41. The van der Waals surface area contributed by atoms with Crippen molar-refractivity contribution < 1.29 is 14.7 Å². The van der Waals surface area contributed by atoms with Crippen molar-refractivity contribution in [1.82, 2.24) is 4.98 Å². The summed E-state index contributed by atoms with van der Waals surface area (Å²) in [6, 6.07) is 14.2. The summed E-state index contributed by atoms with van der Waals surface area (Å²) < 4.78 is 0. The van der Waals surface area contributed by atoms with Gasteiger partial charge in [-0.25, -0.2) is 4.98 Å². The van der Waals surface area contributed by atoms with Gasteiger partial charge in [-0.3, -0.25) is 4.79 Å². The average Bonchev–Trinajstić information content (AvgIpc) is 3.16. The molecule has 1 aromatic heterocycles. The molecule has 3 aromatic rings. The second kappa shape index (κ2) is 7.32. The average molecular weight is 377 g/mol. The summed E-state index contributed by atoms with van der Waals surface area (Å²) in [6.45, 7) is 0. The zero-order chi connectivity index (χ0) is 18.8. The molecule has 2 aromatic carbocycles. The van der Waals surface area contributed by atoms with Gasteiger partial charge in [0.15, 0.2) is 5.13 Å². The number of benzene rings is 2. The first kappa shape index (κ1) is 17.4. The summed E-state index contributed by atoms with van der Waals surface area (Å²) in [5.74, 6) is -2.94. The predicted molar refractivity (Wildman–Crippen MR) is 104 cm³/mol. The number of fused-ring (bicyclic) bond motifs is 1. The van der Waals surface area contributed by atoms with Crippen molar-refractivity contribution in [3.8, 4) is 11.3 Å². The summed E-state index contributed by atoms with van der Waals surface area (Å²) in [4.78, 5) is 28.3. The van der Waals surface area contributed by atoms with Gasteiger partial charge >= 0.3 is 0 Å². The third kappa shape index (κ3) is 3.61. The summed E-state index contributed by atoms with van der Waals surface area (Å²) >= 11 is 1.33. The quantitative estimate of drug-likeness (QED) is 0.708. The maximum Gasteiger partial charge on any atom is 0.230 e. The van der Waals surface area contributed by atoms with Gasteiger partial charge in [-0.2, -0.15) is 0 Å². The smallest absolute Gasteiger partial charge is 0.230 e. The fourth-order valence-corrected chi connectivity index (χ4v) is 4.10. The van der Waals surface area contributed by atoms with Gasteiger partial charge in [-0.1, -0.05) is 48.6 Å². The van der Waals surface area contributed by atoms with Crippen LogP contribution in [0.25, 0.3) is 22.0 Å². The molecule has 1 aliphatic carbocycles. The maximum atomic E-state index is 12.5. The molecule has 27 heavy (non-hydrogen) atoms. The van der Waals surface area contributed by atoms with Gasteiger partial charge < -0.3 is 15.2 Å². The van der Waals surface area contributed by atoms with E-state index in [1.54, 1.807) is 6.08 Å². The van der Waals surface area contributed by atoms with Gasteiger partial charge in [-0.15, -0.1) is 11.3 Å². The van der Waals surface area contributed by atoms with Crippen LogP contribution in [0.3, 0.4) is 0 Å². The van der Waals surface area contributed by atoms with Crippen molar-refractivity contribution in [2.75, 3.05) is 5.32 Å². The van der Waals surface area contributed by atoms with Gasteiger partial charge in [0.1, 0.15) is 0 Å². The number of carbonyl (C=O) groups excluding carboxylic acids is 2. The summed E-state index contributed by atoms with van der Waals surface area (Å²) in [6.07, 6.45) is 4.34. The number of nitrogens with zero attached hydrogens (tertiary/aromatic N) is 1. The number of carboxylic acids is 1. The summed E-state index contributed by atoms with van der Waals surface area (Å²) in [7, 11) is 0. The number of amides is 1. The van der Waals surface area contributed by atoms with Crippen molar-refractivity contribution in [3.05, 3.63) is 60.0 Å². The van der Waals surface area contributed by atoms with E-state index >= 15 is 0 Å². The molecule has 1 N–H and O–H groups in total. The first-order valence-electron chi connectivity index (χ1n) is 8.73. The van der Waals surface area contributed by atoms with E-state index in [4.69, 9.17) is 0 Å². The lowest BCUT2D eigenvalue weighted by Gasteiger charge is -2.27. The molecule has 5 nitrogen and oxygen atoms in total. The number of hydrogen-bond acceptors (Lipinski definition) is 5. The van der Waals surface area contributed by atoms with E-state index in [1.165, 1.54) is 11.3 Å². The zero-order valence-corrected chi connectivity index (χ0v) is 15.2. The van der Waals surface area contributed by atoms with E-state index in [9.17, 15) is 14.7 Å². The van der Waals surface area contributed by atoms with Crippen molar-refractivity contribution in [1.29, 1.82) is 0 Å². The number of nitrogens with one attached hydrogen (secondary N) is 1. The Balaban J connectivity index is 1.52. The van der Waals surface area contributed by atoms with Crippen LogP contribution in [0.2, 0.25) is 0 Å². The molecule has 0 spiro atoms. The Morgan fingerprint density at radius 1 is 1.04 bits per heavy atom. The zero-order valence-electron chi connectivity index (χ0n) is 14.4. The largest absolute Gasteiger partial charge is 0.550 e. The van der Waals surface area contributed by atoms with Crippen LogP contribution in [0.5, 0.6) is 0 Å². The Labute approximate surface area is 160 Å². The Hall–Kier alpha value is -2.99. The van der Waals surface area contributed by atoms with Gasteiger partial charge in [0.25, 0.3) is 0 Å². The standard InChI is InChI=1S/C21H18N2O3S/c24-19(16-7-3-4-8-17(16)20(25)26)23-21-22-18(12-27-21)15-10-9-13-5-1-2-6-14(13)11-15/h1-6,9-12,16-17H,7-8H2,(H,25,26)(H,22,23,24)/p-1/t16-,17+/m0/s1. The highest BCUT2D eigenvalue weighted by Gasteiger charge is 2.30. The summed E-state index contributed by atoms with van der Waals surface area (Å²) in [5, 5.41) is 18.7. The lowest BCUT2D eigenvalue weighted by molar-refractivity contribution is -0.313. The minimum Gasteiger partial charge on any atom is -0.550 e. The number of hydrogen-bond donors (Lipinski definition) is 1. The second-order valence-corrected chi connectivity index (χ2v) is 7.42. The number of aliphatic carboxylic acids is 1. The minimum atomic E-state index is -1.18. The molecule has 136 valence electrons. The van der Waals surface area contributed by atoms with Gasteiger partial charge in [0.2, 0.25) is 5.91 Å². The molecular formula is C21H17N2O3S-. The molecule has 0 saturated heterocycles. The van der Waals surface area contributed by atoms with E-state index in [2.05, 4.69) is 22.4 Å². The first-order valence-corrected chi connectivity index (χ1v) is 9.61. The van der Waals surface area contributed by atoms with Gasteiger partial charge in [0.05, 0.1) is 11.6 Å². The highest BCUT2D eigenvalue weighted by molar-refractivity contribution is 7.14. The molecule has 0 aliphatic heterocycles. The molecule has 0 saturated carbocycles. The normalized spacial score (nSPS) is 19.1. The van der Waals surface area contributed by atoms with Crippen LogP contribution in [-0.2, 0) is 9.59 Å². The molecule has 1 heterocycles. The third-order valence-corrected chi connectivity index (χ3v) is 5.61. The van der Waals surface area contributed by atoms with Crippen molar-refractivity contribution in [2.24, 2.45) is 11.8 Å². The van der Waals surface area contributed by atoms with Crippen LogP contribution in [0, 0.1) is 11.8 Å². The number of carboxylic acid groups (broad SMARTS) is 1. The first-order chi connectivity index (χ1) is 13.1. The van der Waals surface area contributed by atoms with Crippen molar-refractivity contribution in [2.45, 2.75) is 12.8 Å². The Kier molecular flexibility index (Phi) is 4.73. The molecule has 0 bridgehead atoms. The fraction of sp³-hybridized carbons (Fsp3) is 0.190. The minimum absolute atomic E-state index is 0.320. The topological polar surface area (TPSA) is 82.1 Å². The van der Waals surface area contributed by atoms with E-state index in [0.717, 1.165) is 22.0 Å². The van der Waals surface area contributed by atoms with Crippen LogP contribution < -0.4 is 10.4 Å². The van der Waals surface area contributed by atoms with Crippen molar-refractivity contribution in [3.63, 3.8) is 0 Å². The number of carbonyl (C=O) groups is 2. The molecule has 6 heteroatoms. The van der Waals surface area contributed by atoms with Crippen LogP contribution in [-0.4, -0.2) is 16.9 Å². The van der Waals surface area contributed by atoms with Crippen LogP contribution in [0.1, 0.15) is 12.8 Å². The molecular weight excluding hydrogens is 360 g/mol. The Bertz CT molecular complexity index is 1040. The van der Waals surface area contributed by atoms with Crippen LogP contribution in [0.15, 0.2) is 60.0 Å².